The molecule has 3 rings (SSSR count). The molecule has 1 fully saturated rings. The number of nitrogens with zero attached hydrogens (tertiary/aromatic N) is 1. The van der Waals surface area contributed by atoms with E-state index in [4.69, 9.17) is 18.6 Å². The minimum Gasteiger partial charge on any atom is -0.465 e. The highest BCUT2D eigenvalue weighted by Crippen LogP contribution is 2.26. The summed E-state index contributed by atoms with van der Waals surface area (Å²) in [5, 5.41) is 0. The van der Waals surface area contributed by atoms with Gasteiger partial charge in [0.15, 0.2) is 18.4 Å². The van der Waals surface area contributed by atoms with E-state index in [9.17, 15) is 4.79 Å². The smallest absolute Gasteiger partial charge is 0.331 e. The lowest BCUT2D eigenvalue weighted by atomic mass is 10.0. The maximum Gasteiger partial charge on any atom is 0.331 e. The largest absolute Gasteiger partial charge is 0.465 e. The van der Waals surface area contributed by atoms with E-state index >= 15 is 0 Å². The lowest BCUT2D eigenvalue weighted by molar-refractivity contribution is -0.137. The van der Waals surface area contributed by atoms with Gasteiger partial charge in [-0.25, -0.2) is 9.78 Å². The van der Waals surface area contributed by atoms with Crippen molar-refractivity contribution < 1.29 is 23.4 Å². The Balaban J connectivity index is 1.78. The SMILES string of the molecule is CCOC(=O)/C=C(/c1ccc(OC2CCCCO2)cc1)c1cnco1. The number of esters is 1. The van der Waals surface area contributed by atoms with Gasteiger partial charge in [0.25, 0.3) is 0 Å². The number of carbonyl (C=O) groups is 1. The summed E-state index contributed by atoms with van der Waals surface area (Å²) in [5.74, 6) is 0.797. The van der Waals surface area contributed by atoms with Crippen LogP contribution in [0.25, 0.3) is 5.57 Å². The molecule has 2 heterocycles. The fraction of sp³-hybridized carbons (Fsp3) is 0.368. The number of oxazole rings is 1. The molecular weight excluding hydrogens is 322 g/mol. The number of hydrogen-bond donors (Lipinski definition) is 0. The fourth-order valence-electron chi connectivity index (χ4n) is 2.62. The molecule has 25 heavy (non-hydrogen) atoms. The van der Waals surface area contributed by atoms with E-state index in [0.29, 0.717) is 17.9 Å². The standard InChI is InChI=1S/C19H21NO5/c1-2-22-18(21)11-16(17-12-20-13-24-17)14-6-8-15(9-7-14)25-19-5-3-4-10-23-19/h6-9,11-13,19H,2-5,10H2,1H3/b16-11-. The van der Waals surface area contributed by atoms with Gasteiger partial charge >= 0.3 is 5.97 Å². The molecule has 0 bridgehead atoms. The van der Waals surface area contributed by atoms with Gasteiger partial charge < -0.3 is 18.6 Å². The Bertz CT molecular complexity index is 700. The van der Waals surface area contributed by atoms with Gasteiger partial charge in [0, 0.05) is 18.1 Å². The Morgan fingerprint density at radius 3 is 2.80 bits per heavy atom. The normalized spacial score (nSPS) is 18.0. The van der Waals surface area contributed by atoms with Gasteiger partial charge in [0.05, 0.1) is 19.4 Å². The van der Waals surface area contributed by atoms with Gasteiger partial charge in [0.1, 0.15) is 5.75 Å². The molecule has 1 saturated heterocycles. The van der Waals surface area contributed by atoms with Crippen molar-refractivity contribution in [3.63, 3.8) is 0 Å². The summed E-state index contributed by atoms with van der Waals surface area (Å²) in [4.78, 5) is 15.8. The molecule has 0 radical (unpaired) electrons. The molecule has 6 nitrogen and oxygen atoms in total. The lowest BCUT2D eigenvalue weighted by Gasteiger charge is -2.23. The van der Waals surface area contributed by atoms with Crippen molar-refractivity contribution >= 4 is 11.5 Å². The summed E-state index contributed by atoms with van der Waals surface area (Å²) in [6.07, 6.45) is 7.19. The Kier molecular flexibility index (Phi) is 5.85. The average molecular weight is 343 g/mol. The molecule has 2 aromatic rings. The maximum atomic E-state index is 11.8. The van der Waals surface area contributed by atoms with Crippen molar-refractivity contribution in [2.45, 2.75) is 32.5 Å². The van der Waals surface area contributed by atoms with Gasteiger partial charge in [0.2, 0.25) is 0 Å². The second-order valence-corrected chi connectivity index (χ2v) is 5.61. The Morgan fingerprint density at radius 2 is 2.16 bits per heavy atom. The van der Waals surface area contributed by atoms with E-state index in [2.05, 4.69) is 4.98 Å². The number of carbonyl (C=O) groups excluding carboxylic acids is 1. The molecule has 0 N–H and O–H groups in total. The Morgan fingerprint density at radius 1 is 1.32 bits per heavy atom. The van der Waals surface area contributed by atoms with Crippen LogP contribution in [0.5, 0.6) is 5.75 Å². The second kappa shape index (κ2) is 8.48. The first-order chi connectivity index (χ1) is 12.3. The minimum atomic E-state index is -0.426. The second-order valence-electron chi connectivity index (χ2n) is 5.61. The van der Waals surface area contributed by atoms with Crippen molar-refractivity contribution in [1.82, 2.24) is 4.98 Å². The first kappa shape index (κ1) is 17.2. The summed E-state index contributed by atoms with van der Waals surface area (Å²) in [6.45, 7) is 2.81. The molecule has 132 valence electrons. The van der Waals surface area contributed by atoms with Crippen molar-refractivity contribution in [3.8, 4) is 5.75 Å². The van der Waals surface area contributed by atoms with Gasteiger partial charge in [-0.05, 0) is 37.5 Å². The van der Waals surface area contributed by atoms with Gasteiger partial charge in [-0.3, -0.25) is 0 Å². The van der Waals surface area contributed by atoms with E-state index in [1.807, 2.05) is 24.3 Å². The molecule has 0 aliphatic carbocycles. The summed E-state index contributed by atoms with van der Waals surface area (Å²) < 4.78 is 21.8. The first-order valence-corrected chi connectivity index (χ1v) is 8.42. The monoisotopic (exact) mass is 343 g/mol. The van der Waals surface area contributed by atoms with Crippen LogP contribution in [0.15, 0.2) is 47.3 Å². The highest BCUT2D eigenvalue weighted by molar-refractivity contribution is 5.95. The van der Waals surface area contributed by atoms with Crippen LogP contribution < -0.4 is 4.74 Å². The topological polar surface area (TPSA) is 70.8 Å². The summed E-state index contributed by atoms with van der Waals surface area (Å²) in [5.41, 5.74) is 1.41. The van der Waals surface area contributed by atoms with E-state index in [1.165, 1.54) is 12.5 Å². The van der Waals surface area contributed by atoms with Crippen LogP contribution in [-0.4, -0.2) is 30.5 Å². The summed E-state index contributed by atoms with van der Waals surface area (Å²) >= 11 is 0. The van der Waals surface area contributed by atoms with Gasteiger partial charge in [-0.1, -0.05) is 12.1 Å². The van der Waals surface area contributed by atoms with Gasteiger partial charge in [-0.2, -0.15) is 0 Å². The third-order valence-corrected chi connectivity index (χ3v) is 3.82. The zero-order valence-corrected chi connectivity index (χ0v) is 14.1. The lowest BCUT2D eigenvalue weighted by Crippen LogP contribution is -2.24. The molecule has 0 spiro atoms. The van der Waals surface area contributed by atoms with Crippen LogP contribution in [0.3, 0.4) is 0 Å². The van der Waals surface area contributed by atoms with E-state index < -0.39 is 5.97 Å². The quantitative estimate of drug-likeness (QED) is 0.590. The molecular formula is C19H21NO5. The van der Waals surface area contributed by atoms with Crippen molar-refractivity contribution in [1.29, 1.82) is 0 Å². The molecule has 0 saturated carbocycles. The van der Waals surface area contributed by atoms with Crippen LogP contribution in [0.2, 0.25) is 0 Å². The predicted octanol–water partition coefficient (Wildman–Crippen LogP) is 3.57. The molecule has 0 amide bonds. The average Bonchev–Trinajstić information content (AvgIpc) is 3.16. The third-order valence-electron chi connectivity index (χ3n) is 3.82. The molecule has 1 aliphatic heterocycles. The molecule has 1 unspecified atom stereocenters. The Hall–Kier alpha value is -2.60. The zero-order chi connectivity index (χ0) is 17.5. The van der Waals surface area contributed by atoms with Crippen molar-refractivity contribution in [2.75, 3.05) is 13.2 Å². The van der Waals surface area contributed by atoms with E-state index in [-0.39, 0.29) is 6.29 Å². The predicted molar refractivity (Wildman–Crippen MR) is 90.9 cm³/mol. The van der Waals surface area contributed by atoms with Crippen molar-refractivity contribution in [3.05, 3.63) is 54.3 Å². The van der Waals surface area contributed by atoms with E-state index in [0.717, 1.165) is 37.2 Å². The van der Waals surface area contributed by atoms with Crippen LogP contribution >= 0.6 is 0 Å². The van der Waals surface area contributed by atoms with E-state index in [1.54, 1.807) is 13.1 Å². The van der Waals surface area contributed by atoms with Crippen LogP contribution in [-0.2, 0) is 14.3 Å². The minimum absolute atomic E-state index is 0.191. The first-order valence-electron chi connectivity index (χ1n) is 8.42. The van der Waals surface area contributed by atoms with Crippen LogP contribution in [0.4, 0.5) is 0 Å². The Labute approximate surface area is 146 Å². The molecule has 1 aliphatic rings. The highest BCUT2D eigenvalue weighted by atomic mass is 16.7. The molecule has 1 atom stereocenters. The molecule has 1 aromatic heterocycles. The number of rotatable bonds is 6. The van der Waals surface area contributed by atoms with Crippen LogP contribution in [0.1, 0.15) is 37.5 Å². The number of benzene rings is 1. The maximum absolute atomic E-state index is 11.8. The molecule has 1 aromatic carbocycles. The fourth-order valence-corrected chi connectivity index (χ4v) is 2.62. The zero-order valence-electron chi connectivity index (χ0n) is 14.1. The van der Waals surface area contributed by atoms with Crippen molar-refractivity contribution in [2.24, 2.45) is 0 Å². The summed E-state index contributed by atoms with van der Waals surface area (Å²) in [6, 6.07) is 7.43. The summed E-state index contributed by atoms with van der Waals surface area (Å²) in [7, 11) is 0. The number of aromatic nitrogens is 1. The van der Waals surface area contributed by atoms with Gasteiger partial charge in [-0.15, -0.1) is 0 Å². The van der Waals surface area contributed by atoms with Crippen LogP contribution in [0, 0.1) is 0 Å². The number of ether oxygens (including phenoxy) is 3. The molecule has 6 heteroatoms. The number of hydrogen-bond acceptors (Lipinski definition) is 6. The highest BCUT2D eigenvalue weighted by Gasteiger charge is 2.16. The third kappa shape index (κ3) is 4.70.